The third kappa shape index (κ3) is 3.00. The maximum atomic E-state index is 13.4. The first-order valence-electron chi connectivity index (χ1n) is 4.88. The first-order valence-corrected chi connectivity index (χ1v) is 4.88. The number of hydrogen-bond acceptors (Lipinski definition) is 2. The highest BCUT2D eigenvalue weighted by molar-refractivity contribution is 5.92. The van der Waals surface area contributed by atoms with Gasteiger partial charge in [-0.1, -0.05) is 6.07 Å². The Bertz CT molecular complexity index is 394. The molecule has 0 aliphatic rings. The zero-order valence-corrected chi connectivity index (χ0v) is 9.14. The largest absolute Gasteiger partial charge is 0.372 e. The number of halogens is 2. The summed E-state index contributed by atoms with van der Waals surface area (Å²) in [5, 5.41) is 2.14. The number of hydrogen-bond donors (Lipinski definition) is 1. The SMILES string of the molecule is CCOCC(=O)Nc1c(F)ccc(C)c1F. The highest BCUT2D eigenvalue weighted by Crippen LogP contribution is 2.21. The van der Waals surface area contributed by atoms with E-state index in [1.807, 2.05) is 0 Å². The fourth-order valence-electron chi connectivity index (χ4n) is 1.14. The van der Waals surface area contributed by atoms with Gasteiger partial charge in [-0.25, -0.2) is 8.78 Å². The quantitative estimate of drug-likeness (QED) is 0.859. The molecule has 1 rings (SSSR count). The minimum absolute atomic E-state index is 0.219. The fraction of sp³-hybridized carbons (Fsp3) is 0.364. The number of ether oxygens (including phenoxy) is 1. The summed E-state index contributed by atoms with van der Waals surface area (Å²) in [6.45, 7) is 3.36. The molecular formula is C11H13F2NO2. The standard InChI is InChI=1S/C11H13F2NO2/c1-3-16-6-9(15)14-11-8(12)5-4-7(2)10(11)13/h4-5H,3,6H2,1-2H3,(H,14,15). The van der Waals surface area contributed by atoms with E-state index in [0.717, 1.165) is 6.07 Å². The fourth-order valence-corrected chi connectivity index (χ4v) is 1.14. The molecule has 1 aromatic rings. The molecule has 0 saturated carbocycles. The van der Waals surface area contributed by atoms with Gasteiger partial charge in [-0.3, -0.25) is 4.79 Å². The van der Waals surface area contributed by atoms with Crippen LogP contribution in [0.25, 0.3) is 0 Å². The van der Waals surface area contributed by atoms with E-state index in [0.29, 0.717) is 6.61 Å². The Hall–Kier alpha value is -1.49. The molecule has 0 spiro atoms. The van der Waals surface area contributed by atoms with Crippen LogP contribution in [0.3, 0.4) is 0 Å². The molecule has 3 nitrogen and oxygen atoms in total. The smallest absolute Gasteiger partial charge is 0.250 e. The lowest BCUT2D eigenvalue weighted by Gasteiger charge is -2.09. The highest BCUT2D eigenvalue weighted by atomic mass is 19.1. The molecule has 0 bridgehead atoms. The second-order valence-electron chi connectivity index (χ2n) is 3.24. The van der Waals surface area contributed by atoms with E-state index in [4.69, 9.17) is 4.74 Å². The van der Waals surface area contributed by atoms with Gasteiger partial charge in [-0.15, -0.1) is 0 Å². The van der Waals surface area contributed by atoms with Gasteiger partial charge in [0.15, 0.2) is 5.82 Å². The highest BCUT2D eigenvalue weighted by Gasteiger charge is 2.13. The van der Waals surface area contributed by atoms with Gasteiger partial charge < -0.3 is 10.1 Å². The summed E-state index contributed by atoms with van der Waals surface area (Å²) < 4.78 is 31.5. The van der Waals surface area contributed by atoms with Crippen molar-refractivity contribution < 1.29 is 18.3 Å². The Balaban J connectivity index is 2.80. The van der Waals surface area contributed by atoms with Crippen molar-refractivity contribution in [3.63, 3.8) is 0 Å². The number of aryl methyl sites for hydroxylation is 1. The molecule has 0 aromatic heterocycles. The van der Waals surface area contributed by atoms with Crippen LogP contribution in [-0.4, -0.2) is 19.1 Å². The second-order valence-corrected chi connectivity index (χ2v) is 3.24. The summed E-state index contributed by atoms with van der Waals surface area (Å²) in [6, 6.07) is 2.41. The monoisotopic (exact) mass is 229 g/mol. The lowest BCUT2D eigenvalue weighted by Crippen LogP contribution is -2.20. The summed E-state index contributed by atoms with van der Waals surface area (Å²) in [6.07, 6.45) is 0. The van der Waals surface area contributed by atoms with Crippen molar-refractivity contribution in [2.75, 3.05) is 18.5 Å². The Kier molecular flexibility index (Phi) is 4.37. The van der Waals surface area contributed by atoms with Crippen molar-refractivity contribution in [3.8, 4) is 0 Å². The molecule has 88 valence electrons. The van der Waals surface area contributed by atoms with E-state index in [9.17, 15) is 13.6 Å². The average Bonchev–Trinajstić information content (AvgIpc) is 2.27. The summed E-state index contributed by atoms with van der Waals surface area (Å²) in [5.74, 6) is -2.14. The van der Waals surface area contributed by atoms with Crippen LogP contribution in [0, 0.1) is 18.6 Å². The number of nitrogens with one attached hydrogen (secondary N) is 1. The summed E-state index contributed by atoms with van der Waals surface area (Å²) in [5.41, 5.74) is -0.155. The van der Waals surface area contributed by atoms with Crippen molar-refractivity contribution in [2.24, 2.45) is 0 Å². The van der Waals surface area contributed by atoms with E-state index in [2.05, 4.69) is 5.32 Å². The normalized spacial score (nSPS) is 10.2. The number of amides is 1. The van der Waals surface area contributed by atoms with E-state index < -0.39 is 23.2 Å². The van der Waals surface area contributed by atoms with Gasteiger partial charge in [0.1, 0.15) is 18.1 Å². The molecule has 1 aromatic carbocycles. The van der Waals surface area contributed by atoms with Crippen molar-refractivity contribution in [2.45, 2.75) is 13.8 Å². The van der Waals surface area contributed by atoms with Gasteiger partial charge >= 0.3 is 0 Å². The minimum Gasteiger partial charge on any atom is -0.372 e. The molecule has 0 saturated heterocycles. The zero-order valence-electron chi connectivity index (χ0n) is 9.14. The third-order valence-corrected chi connectivity index (χ3v) is 1.99. The molecule has 0 heterocycles. The second kappa shape index (κ2) is 5.55. The third-order valence-electron chi connectivity index (χ3n) is 1.99. The van der Waals surface area contributed by atoms with Crippen LogP contribution in [0.4, 0.5) is 14.5 Å². The predicted molar refractivity (Wildman–Crippen MR) is 56.2 cm³/mol. The Labute approximate surface area is 92.4 Å². The van der Waals surface area contributed by atoms with E-state index in [1.54, 1.807) is 6.92 Å². The molecule has 0 aliphatic heterocycles. The van der Waals surface area contributed by atoms with Crippen molar-refractivity contribution >= 4 is 11.6 Å². The number of carbonyl (C=O) groups excluding carboxylic acids is 1. The van der Waals surface area contributed by atoms with E-state index in [-0.39, 0.29) is 12.2 Å². The summed E-state index contributed by atoms with van der Waals surface area (Å²) in [4.78, 5) is 11.2. The Morgan fingerprint density at radius 1 is 1.44 bits per heavy atom. The van der Waals surface area contributed by atoms with Crippen LogP contribution in [-0.2, 0) is 9.53 Å². The average molecular weight is 229 g/mol. The van der Waals surface area contributed by atoms with Gasteiger partial charge in [-0.2, -0.15) is 0 Å². The molecule has 0 unspecified atom stereocenters. The minimum atomic E-state index is -0.798. The predicted octanol–water partition coefficient (Wildman–Crippen LogP) is 2.25. The van der Waals surface area contributed by atoms with Crippen molar-refractivity contribution in [1.82, 2.24) is 0 Å². The number of benzene rings is 1. The number of anilines is 1. The summed E-state index contributed by atoms with van der Waals surface area (Å²) >= 11 is 0. The Morgan fingerprint density at radius 2 is 2.12 bits per heavy atom. The van der Waals surface area contributed by atoms with Crippen LogP contribution >= 0.6 is 0 Å². The molecule has 1 N–H and O–H groups in total. The topological polar surface area (TPSA) is 38.3 Å². The van der Waals surface area contributed by atoms with Gasteiger partial charge in [0.05, 0.1) is 0 Å². The number of carbonyl (C=O) groups is 1. The maximum absolute atomic E-state index is 13.4. The van der Waals surface area contributed by atoms with Gasteiger partial charge in [0.25, 0.3) is 5.91 Å². The zero-order chi connectivity index (χ0) is 12.1. The molecule has 1 amide bonds. The van der Waals surface area contributed by atoms with Crippen LogP contribution in [0.15, 0.2) is 12.1 Å². The van der Waals surface area contributed by atoms with E-state index >= 15 is 0 Å². The lowest BCUT2D eigenvalue weighted by molar-refractivity contribution is -0.120. The first-order chi connectivity index (χ1) is 7.56. The maximum Gasteiger partial charge on any atom is 0.250 e. The molecule has 0 fully saturated rings. The first kappa shape index (κ1) is 12.6. The molecule has 0 aliphatic carbocycles. The lowest BCUT2D eigenvalue weighted by atomic mass is 10.2. The van der Waals surface area contributed by atoms with Crippen LogP contribution < -0.4 is 5.32 Å². The van der Waals surface area contributed by atoms with Crippen LogP contribution in [0.1, 0.15) is 12.5 Å². The van der Waals surface area contributed by atoms with Gasteiger partial charge in [0, 0.05) is 6.61 Å². The molecule has 0 atom stereocenters. The molecule has 0 radical (unpaired) electrons. The summed E-state index contributed by atoms with van der Waals surface area (Å²) in [7, 11) is 0. The van der Waals surface area contributed by atoms with Gasteiger partial charge in [-0.05, 0) is 25.5 Å². The van der Waals surface area contributed by atoms with Crippen LogP contribution in [0.2, 0.25) is 0 Å². The van der Waals surface area contributed by atoms with E-state index in [1.165, 1.54) is 13.0 Å². The van der Waals surface area contributed by atoms with Crippen molar-refractivity contribution in [3.05, 3.63) is 29.3 Å². The number of rotatable bonds is 4. The van der Waals surface area contributed by atoms with Crippen molar-refractivity contribution in [1.29, 1.82) is 0 Å². The van der Waals surface area contributed by atoms with Crippen LogP contribution in [0.5, 0.6) is 0 Å². The Morgan fingerprint density at radius 3 is 2.75 bits per heavy atom. The molecule has 16 heavy (non-hydrogen) atoms. The van der Waals surface area contributed by atoms with Gasteiger partial charge in [0.2, 0.25) is 0 Å². The molecular weight excluding hydrogens is 216 g/mol. The molecule has 5 heteroatoms.